The lowest BCUT2D eigenvalue weighted by molar-refractivity contribution is 0.661. The fourth-order valence-electron chi connectivity index (χ4n) is 9.82. The number of fused-ring (bicyclic) bond motifs is 3. The lowest BCUT2D eigenvalue weighted by atomic mass is 9.80. The third-order valence-electron chi connectivity index (χ3n) is 12.2. The van der Waals surface area contributed by atoms with Crippen LogP contribution in [0.25, 0.3) is 93.3 Å². The second-order valence-electron chi connectivity index (χ2n) is 15.3. The molecule has 0 saturated heterocycles. The largest absolute Gasteiger partial charge is 0.0763 e. The average Bonchev–Trinajstić information content (AvgIpc) is 3.34. The van der Waals surface area contributed by atoms with Gasteiger partial charge in [-0.2, -0.15) is 0 Å². The highest BCUT2D eigenvalue weighted by molar-refractivity contribution is 6.26. The van der Waals surface area contributed by atoms with Crippen molar-refractivity contribution in [2.75, 3.05) is 0 Å². The number of hydrogen-bond donors (Lipinski definition) is 0. The minimum absolute atomic E-state index is 0.119. The first-order valence-corrected chi connectivity index (χ1v) is 17.8. The zero-order valence-corrected chi connectivity index (χ0v) is 28.5. The van der Waals surface area contributed by atoms with Gasteiger partial charge < -0.3 is 0 Å². The summed E-state index contributed by atoms with van der Waals surface area (Å²) in [6.45, 7) is 9.31. The van der Waals surface area contributed by atoms with Crippen molar-refractivity contribution < 1.29 is 0 Å². The molecule has 0 nitrogen and oxygen atoms in total. The van der Waals surface area contributed by atoms with Gasteiger partial charge in [-0.1, -0.05) is 123 Å². The number of benzene rings is 9. The molecule has 0 heterocycles. The summed E-state index contributed by atoms with van der Waals surface area (Å²) < 4.78 is 0. The maximum Gasteiger partial charge on any atom is 0.0159 e. The normalized spacial score (nSPS) is 14.7. The summed E-state index contributed by atoms with van der Waals surface area (Å²) in [7, 11) is 0. The highest BCUT2D eigenvalue weighted by atomic mass is 14.4. The Labute approximate surface area is 286 Å². The Balaban J connectivity index is 1.07. The standard InChI is InChI=1S/C49H36/c1-27-22-34-14-16-36-28(2)24-42(41-21-15-35(23-27)46(34)48(36)41)33-13-19-39-38-18-12-32(25-43(38)49(3,4)44(39)26-33)37-17-10-31-9-8-29-6-5-7-30-11-20-40(37)47(31)45(29)30/h7-26H,5-6H2,1-4H3. The molecule has 2 aliphatic rings. The minimum atomic E-state index is -0.119. The van der Waals surface area contributed by atoms with E-state index in [0.717, 1.165) is 12.8 Å². The average molecular weight is 625 g/mol. The van der Waals surface area contributed by atoms with Crippen LogP contribution in [-0.4, -0.2) is 0 Å². The predicted octanol–water partition coefficient (Wildman–Crippen LogP) is 12.6. The SMILES string of the molecule is Cc1cc2ccc3c(C)cc(-c4ccc5c(c4)C(C)(C)c4cc(-c6ccc7ccc8c9c(ccc6c79)=CCC8)ccc4-5)c4ccc(c1)c2c34. The summed E-state index contributed by atoms with van der Waals surface area (Å²) >= 11 is 0. The van der Waals surface area contributed by atoms with Crippen molar-refractivity contribution >= 4 is 59.9 Å². The Bertz CT molecular complexity index is 2950. The smallest absolute Gasteiger partial charge is 0.0159 e. The fourth-order valence-corrected chi connectivity index (χ4v) is 9.82. The van der Waals surface area contributed by atoms with Crippen LogP contribution >= 0.6 is 0 Å². The summed E-state index contributed by atoms with van der Waals surface area (Å²) in [5.74, 6) is 0. The molecule has 0 radical (unpaired) electrons. The molecule has 0 unspecified atom stereocenters. The van der Waals surface area contributed by atoms with Gasteiger partial charge in [0.15, 0.2) is 0 Å². The summed E-state index contributed by atoms with van der Waals surface area (Å²) in [5, 5.41) is 15.1. The van der Waals surface area contributed by atoms with E-state index in [1.807, 2.05) is 0 Å². The number of aryl methyl sites for hydroxylation is 3. The van der Waals surface area contributed by atoms with Crippen LogP contribution in [0.4, 0.5) is 0 Å². The maximum atomic E-state index is 2.49. The van der Waals surface area contributed by atoms with E-state index in [1.165, 1.54) is 120 Å². The molecular formula is C49H36. The van der Waals surface area contributed by atoms with Gasteiger partial charge in [0.25, 0.3) is 0 Å². The van der Waals surface area contributed by atoms with Crippen LogP contribution < -0.4 is 5.22 Å². The molecule has 0 N–H and O–H groups in total. The van der Waals surface area contributed by atoms with E-state index in [0.29, 0.717) is 0 Å². The Morgan fingerprint density at radius 1 is 0.469 bits per heavy atom. The molecule has 9 aromatic rings. The van der Waals surface area contributed by atoms with Gasteiger partial charge in [0.2, 0.25) is 0 Å². The molecule has 0 bridgehead atoms. The van der Waals surface area contributed by atoms with E-state index >= 15 is 0 Å². The second kappa shape index (κ2) is 9.36. The molecule has 0 aromatic heterocycles. The van der Waals surface area contributed by atoms with Crippen molar-refractivity contribution in [3.63, 3.8) is 0 Å². The molecule has 232 valence electrons. The lowest BCUT2D eigenvalue weighted by Crippen LogP contribution is -2.15. The van der Waals surface area contributed by atoms with Crippen LogP contribution in [0.3, 0.4) is 0 Å². The van der Waals surface area contributed by atoms with Crippen LogP contribution in [-0.2, 0) is 11.8 Å². The van der Waals surface area contributed by atoms with Crippen LogP contribution in [0.1, 0.15) is 48.1 Å². The second-order valence-corrected chi connectivity index (χ2v) is 15.3. The van der Waals surface area contributed by atoms with Crippen LogP contribution in [0.5, 0.6) is 0 Å². The molecular weight excluding hydrogens is 589 g/mol. The van der Waals surface area contributed by atoms with Gasteiger partial charge in [-0.25, -0.2) is 0 Å². The zero-order valence-electron chi connectivity index (χ0n) is 28.5. The predicted molar refractivity (Wildman–Crippen MR) is 211 cm³/mol. The van der Waals surface area contributed by atoms with Crippen molar-refractivity contribution in [2.45, 2.75) is 46.0 Å². The van der Waals surface area contributed by atoms with Crippen molar-refractivity contribution in [3.8, 4) is 33.4 Å². The molecule has 0 amide bonds. The van der Waals surface area contributed by atoms with Gasteiger partial charge >= 0.3 is 0 Å². The first-order valence-electron chi connectivity index (χ1n) is 17.8. The first-order chi connectivity index (χ1) is 23.8. The summed E-state index contributed by atoms with van der Waals surface area (Å²) in [6, 6.07) is 44.9. The van der Waals surface area contributed by atoms with E-state index in [4.69, 9.17) is 0 Å². The molecule has 9 aromatic carbocycles. The summed E-state index contributed by atoms with van der Waals surface area (Å²) in [5.41, 5.74) is 14.8. The van der Waals surface area contributed by atoms with Crippen LogP contribution in [0.2, 0.25) is 0 Å². The van der Waals surface area contributed by atoms with Gasteiger partial charge in [0.1, 0.15) is 0 Å². The maximum absolute atomic E-state index is 2.49. The molecule has 0 aliphatic heterocycles. The minimum Gasteiger partial charge on any atom is -0.0763 e. The molecule has 0 atom stereocenters. The molecule has 11 rings (SSSR count). The summed E-state index contributed by atoms with van der Waals surface area (Å²) in [4.78, 5) is 0. The van der Waals surface area contributed by atoms with Crippen molar-refractivity contribution in [3.05, 3.63) is 148 Å². The van der Waals surface area contributed by atoms with E-state index in [9.17, 15) is 0 Å². The van der Waals surface area contributed by atoms with Crippen LogP contribution in [0, 0.1) is 13.8 Å². The molecule has 0 spiro atoms. The highest BCUT2D eigenvalue weighted by Crippen LogP contribution is 2.52. The third-order valence-corrected chi connectivity index (χ3v) is 12.2. The van der Waals surface area contributed by atoms with Gasteiger partial charge in [0, 0.05) is 5.41 Å². The Morgan fingerprint density at radius 3 is 1.84 bits per heavy atom. The Morgan fingerprint density at radius 2 is 1.08 bits per heavy atom. The van der Waals surface area contributed by atoms with Crippen molar-refractivity contribution in [1.29, 1.82) is 0 Å². The monoisotopic (exact) mass is 624 g/mol. The fraction of sp³-hybridized carbons (Fsp3) is 0.143. The Kier molecular flexibility index (Phi) is 5.25. The first kappa shape index (κ1) is 27.5. The van der Waals surface area contributed by atoms with Crippen molar-refractivity contribution in [1.82, 2.24) is 0 Å². The quantitative estimate of drug-likeness (QED) is 0.168. The topological polar surface area (TPSA) is 0 Å². The van der Waals surface area contributed by atoms with Gasteiger partial charge in [-0.15, -0.1) is 0 Å². The number of hydrogen-bond acceptors (Lipinski definition) is 0. The molecule has 0 saturated carbocycles. The molecule has 0 fully saturated rings. The summed E-state index contributed by atoms with van der Waals surface area (Å²) in [6.07, 6.45) is 4.68. The molecule has 0 heteroatoms. The molecule has 49 heavy (non-hydrogen) atoms. The van der Waals surface area contributed by atoms with Crippen LogP contribution in [0.15, 0.2) is 115 Å². The van der Waals surface area contributed by atoms with E-state index in [-0.39, 0.29) is 5.41 Å². The zero-order chi connectivity index (χ0) is 32.8. The van der Waals surface area contributed by atoms with Gasteiger partial charge in [-0.3, -0.25) is 0 Å². The highest BCUT2D eigenvalue weighted by Gasteiger charge is 2.36. The number of rotatable bonds is 2. The van der Waals surface area contributed by atoms with E-state index in [1.54, 1.807) is 0 Å². The third kappa shape index (κ3) is 3.59. The Hall–Kier alpha value is -5.46. The van der Waals surface area contributed by atoms with E-state index in [2.05, 4.69) is 149 Å². The van der Waals surface area contributed by atoms with Crippen molar-refractivity contribution in [2.24, 2.45) is 0 Å². The van der Waals surface area contributed by atoms with Gasteiger partial charge in [0.05, 0.1) is 0 Å². The molecule has 2 aliphatic carbocycles. The van der Waals surface area contributed by atoms with E-state index < -0.39 is 0 Å². The van der Waals surface area contributed by atoms with Gasteiger partial charge in [-0.05, 0) is 159 Å². The lowest BCUT2D eigenvalue weighted by Gasteiger charge is -2.23.